The first-order chi connectivity index (χ1) is 32.6. The molecule has 0 unspecified atom stereocenters. The molecule has 7 aromatic rings. The highest BCUT2D eigenvalue weighted by Gasteiger charge is 2.50. The van der Waals surface area contributed by atoms with Crippen LogP contribution < -0.4 is 20.6 Å². The Bertz CT molecular complexity index is 3280. The van der Waals surface area contributed by atoms with Crippen LogP contribution >= 0.6 is 11.3 Å². The van der Waals surface area contributed by atoms with E-state index in [0.717, 1.165) is 0 Å². The Labute approximate surface area is 426 Å². The fraction of sp³-hybridized carbons (Fsp3) is 0.424. The van der Waals surface area contributed by atoms with Gasteiger partial charge in [-0.2, -0.15) is 0 Å². The van der Waals surface area contributed by atoms with Gasteiger partial charge in [0.15, 0.2) is 0 Å². The molecule has 2 nitrogen and oxygen atoms in total. The SMILES string of the molecule is CC(C)(C)c1ccc2c(c1)-c1cc(C(C)(C)C)cc3c1B(c1c(sc4cc5c(cc14)C(C)(C)CCC5(C)C)N3c1ccc(C(C)(C)C)cc1-c1ccccc1)N2c1ccc2c(c1)C(C)(C)CCC2(C)C. The van der Waals surface area contributed by atoms with Gasteiger partial charge in [-0.05, 0) is 185 Å². The van der Waals surface area contributed by atoms with Crippen molar-refractivity contribution in [2.75, 3.05) is 9.71 Å². The zero-order chi connectivity index (χ0) is 50.0. The Kier molecular flexibility index (Phi) is 10.3. The Balaban J connectivity index is 1.32. The van der Waals surface area contributed by atoms with Gasteiger partial charge in [0, 0.05) is 32.9 Å². The van der Waals surface area contributed by atoms with Gasteiger partial charge in [-0.15, -0.1) is 11.3 Å². The van der Waals surface area contributed by atoms with Gasteiger partial charge in [-0.1, -0.05) is 172 Å². The lowest BCUT2D eigenvalue weighted by atomic mass is 9.43. The van der Waals surface area contributed by atoms with Crippen LogP contribution in [-0.4, -0.2) is 6.85 Å². The molecule has 360 valence electrons. The second-order valence-electron chi connectivity index (χ2n) is 27.6. The van der Waals surface area contributed by atoms with E-state index >= 15 is 0 Å². The average molecular weight is 941 g/mol. The number of benzene rings is 6. The second kappa shape index (κ2) is 15.2. The van der Waals surface area contributed by atoms with Crippen molar-refractivity contribution in [1.29, 1.82) is 0 Å². The minimum absolute atomic E-state index is 0.0184. The van der Waals surface area contributed by atoms with E-state index in [1.807, 2.05) is 11.3 Å². The number of thiophene rings is 1. The van der Waals surface area contributed by atoms with Gasteiger partial charge >= 0.3 is 6.85 Å². The van der Waals surface area contributed by atoms with Crippen molar-refractivity contribution in [2.45, 2.75) is 181 Å². The summed E-state index contributed by atoms with van der Waals surface area (Å²) in [5.41, 5.74) is 23.5. The second-order valence-corrected chi connectivity index (χ2v) is 28.7. The molecular weight excluding hydrogens is 864 g/mol. The van der Waals surface area contributed by atoms with Gasteiger partial charge in [-0.3, -0.25) is 0 Å². The summed E-state index contributed by atoms with van der Waals surface area (Å²) in [5, 5.41) is 2.74. The van der Waals surface area contributed by atoms with Crippen LogP contribution in [0.5, 0.6) is 0 Å². The summed E-state index contributed by atoms with van der Waals surface area (Å²) < 4.78 is 1.39. The van der Waals surface area contributed by atoms with Gasteiger partial charge in [0.05, 0.1) is 10.7 Å². The topological polar surface area (TPSA) is 6.48 Å². The van der Waals surface area contributed by atoms with Crippen LogP contribution in [0.4, 0.5) is 27.8 Å². The summed E-state index contributed by atoms with van der Waals surface area (Å²) in [6.45, 7) is 41.1. The van der Waals surface area contributed by atoms with E-state index in [2.05, 4.69) is 237 Å². The first-order valence-electron chi connectivity index (χ1n) is 26.5. The largest absolute Gasteiger partial charge is 0.376 e. The summed E-state index contributed by atoms with van der Waals surface area (Å²) >= 11 is 2.02. The van der Waals surface area contributed by atoms with Crippen molar-refractivity contribution < 1.29 is 0 Å². The highest BCUT2D eigenvalue weighted by molar-refractivity contribution is 7.26. The highest BCUT2D eigenvalue weighted by Crippen LogP contribution is 2.56. The summed E-state index contributed by atoms with van der Waals surface area (Å²) in [7, 11) is 0. The smallest absolute Gasteiger partial charge is 0.334 e. The zero-order valence-corrected chi connectivity index (χ0v) is 46.4. The number of rotatable bonds is 3. The molecule has 6 aromatic carbocycles. The maximum atomic E-state index is 2.81. The molecule has 1 aromatic heterocycles. The van der Waals surface area contributed by atoms with Crippen LogP contribution in [0, 0.1) is 0 Å². The molecule has 11 rings (SSSR count). The molecule has 3 heterocycles. The van der Waals surface area contributed by atoms with E-state index in [1.54, 1.807) is 0 Å². The van der Waals surface area contributed by atoms with Gasteiger partial charge in [0.25, 0.3) is 0 Å². The van der Waals surface area contributed by atoms with Crippen molar-refractivity contribution in [1.82, 2.24) is 0 Å². The van der Waals surface area contributed by atoms with Crippen LogP contribution in [-0.2, 0) is 37.9 Å². The standard InChI is InChI=1S/C66H77BN2S/c1-60(2,3)41-23-27-53(45(33-41)40-21-19-18-20-22-40)68-55-36-43(62(7,8)9)35-47-46-34-42(61(4,5)6)24-28-54(46)69(44-25-26-49-50(37-44)64(12,13)30-29-63(49,10)11)67(57(47)55)58-48-38-51-52(39-56(48)70-59(58)68)66(16,17)32-31-65(51,14)15/h18-28,33-39H,29-32H2,1-17H3. The Morgan fingerprint density at radius 3 is 1.54 bits per heavy atom. The molecule has 0 amide bonds. The molecule has 0 bridgehead atoms. The normalized spacial score (nSPS) is 18.5. The summed E-state index contributed by atoms with van der Waals surface area (Å²) in [6, 6.07) is 44.2. The minimum Gasteiger partial charge on any atom is -0.376 e. The fourth-order valence-corrected chi connectivity index (χ4v) is 14.0. The van der Waals surface area contributed by atoms with Gasteiger partial charge in [0.1, 0.15) is 0 Å². The number of fused-ring (bicyclic) bond motifs is 8. The summed E-state index contributed by atoms with van der Waals surface area (Å²) in [6.07, 6.45) is 4.75. The number of hydrogen-bond donors (Lipinski definition) is 0. The molecule has 70 heavy (non-hydrogen) atoms. The number of hydrogen-bond acceptors (Lipinski definition) is 3. The predicted molar refractivity (Wildman–Crippen MR) is 308 cm³/mol. The Morgan fingerprint density at radius 2 is 0.957 bits per heavy atom. The lowest BCUT2D eigenvalue weighted by molar-refractivity contribution is 0.332. The van der Waals surface area contributed by atoms with Crippen molar-refractivity contribution in [3.8, 4) is 22.3 Å². The third-order valence-corrected chi connectivity index (χ3v) is 18.8. The molecule has 0 spiro atoms. The van der Waals surface area contributed by atoms with Gasteiger partial charge < -0.3 is 9.71 Å². The Hall–Kier alpha value is -5.06. The fourth-order valence-electron chi connectivity index (χ4n) is 12.7. The first kappa shape index (κ1) is 47.3. The maximum Gasteiger partial charge on any atom is 0.334 e. The Morgan fingerprint density at radius 1 is 0.443 bits per heavy atom. The average Bonchev–Trinajstić information content (AvgIpc) is 3.66. The number of nitrogens with zero attached hydrogens (tertiary/aromatic N) is 2. The van der Waals surface area contributed by atoms with E-state index < -0.39 is 0 Å². The van der Waals surface area contributed by atoms with E-state index in [4.69, 9.17) is 0 Å². The molecule has 2 aliphatic heterocycles. The minimum atomic E-state index is -0.0997. The molecule has 0 radical (unpaired) electrons. The molecule has 0 saturated carbocycles. The van der Waals surface area contributed by atoms with Gasteiger partial charge in [-0.25, -0.2) is 0 Å². The lowest BCUT2D eigenvalue weighted by Crippen LogP contribution is -2.61. The highest BCUT2D eigenvalue weighted by atomic mass is 32.1. The predicted octanol–water partition coefficient (Wildman–Crippen LogP) is 17.9. The molecule has 2 aliphatic carbocycles. The third kappa shape index (κ3) is 7.30. The van der Waals surface area contributed by atoms with Crippen LogP contribution in [0.1, 0.15) is 182 Å². The van der Waals surface area contributed by atoms with E-state index in [9.17, 15) is 0 Å². The summed E-state index contributed by atoms with van der Waals surface area (Å²) in [4.78, 5) is 5.55. The van der Waals surface area contributed by atoms with Crippen molar-refractivity contribution in [2.24, 2.45) is 0 Å². The van der Waals surface area contributed by atoms with Crippen molar-refractivity contribution >= 4 is 66.9 Å². The maximum absolute atomic E-state index is 2.81. The third-order valence-electron chi connectivity index (χ3n) is 17.7. The van der Waals surface area contributed by atoms with E-state index in [-0.39, 0.29) is 44.8 Å². The first-order valence-corrected chi connectivity index (χ1v) is 27.3. The lowest BCUT2D eigenvalue weighted by Gasteiger charge is -2.47. The van der Waals surface area contributed by atoms with E-state index in [1.165, 1.54) is 136 Å². The van der Waals surface area contributed by atoms with Crippen molar-refractivity contribution in [3.63, 3.8) is 0 Å². The van der Waals surface area contributed by atoms with E-state index in [0.29, 0.717) is 0 Å². The summed E-state index contributed by atoms with van der Waals surface area (Å²) in [5.74, 6) is 0. The van der Waals surface area contributed by atoms with Gasteiger partial charge in [0.2, 0.25) is 0 Å². The zero-order valence-electron chi connectivity index (χ0n) is 45.6. The molecule has 0 N–H and O–H groups in total. The monoisotopic (exact) mass is 941 g/mol. The molecule has 0 fully saturated rings. The molecule has 4 heteroatoms. The van der Waals surface area contributed by atoms with Crippen LogP contribution in [0.25, 0.3) is 32.3 Å². The van der Waals surface area contributed by atoms with Crippen LogP contribution in [0.3, 0.4) is 0 Å². The molecule has 0 atom stereocenters. The quantitative estimate of drug-likeness (QED) is 0.163. The molecular formula is C66H77BN2S. The molecule has 4 aliphatic rings. The van der Waals surface area contributed by atoms with Crippen molar-refractivity contribution in [3.05, 3.63) is 148 Å². The van der Waals surface area contributed by atoms with Crippen LogP contribution in [0.2, 0.25) is 0 Å². The molecule has 0 saturated heterocycles. The van der Waals surface area contributed by atoms with Crippen LogP contribution in [0.15, 0.2) is 109 Å². The number of anilines is 5.